The summed E-state index contributed by atoms with van der Waals surface area (Å²) in [4.78, 5) is 14.6. The van der Waals surface area contributed by atoms with Gasteiger partial charge in [-0.2, -0.15) is 15.0 Å². The van der Waals surface area contributed by atoms with E-state index in [0.717, 1.165) is 25.9 Å². The fraction of sp³-hybridized carbons (Fsp3) is 0.700. The summed E-state index contributed by atoms with van der Waals surface area (Å²) in [5, 5.41) is 0. The van der Waals surface area contributed by atoms with E-state index in [1.54, 1.807) is 0 Å². The molecule has 8 heteroatoms. The van der Waals surface area contributed by atoms with E-state index in [-0.39, 0.29) is 18.2 Å². The first-order valence-corrected chi connectivity index (χ1v) is 5.95. The molecular formula is C10H16N6O2. The van der Waals surface area contributed by atoms with Gasteiger partial charge in [0, 0.05) is 13.1 Å². The summed E-state index contributed by atoms with van der Waals surface area (Å²) in [6.45, 7) is 1.60. The van der Waals surface area contributed by atoms with Gasteiger partial charge >= 0.3 is 6.01 Å². The normalized spacial score (nSPS) is 26.2. The molecule has 1 aromatic heterocycles. The Hall–Kier alpha value is -1.67. The van der Waals surface area contributed by atoms with Crippen molar-refractivity contribution in [2.24, 2.45) is 5.84 Å². The molecule has 3 heterocycles. The standard InChI is InChI=1S/C10H16N6O2/c1-17-10-13-8(15-11)12-9(14-10)16-4-6-2-3-7(5-16)18-6/h6-7H,2-5,11H2,1H3,(H,12,13,14,15). The van der Waals surface area contributed by atoms with Crippen LogP contribution in [0.4, 0.5) is 11.9 Å². The third kappa shape index (κ3) is 2.04. The van der Waals surface area contributed by atoms with Crippen LogP contribution in [0, 0.1) is 0 Å². The molecule has 0 amide bonds. The van der Waals surface area contributed by atoms with Crippen LogP contribution in [0.25, 0.3) is 0 Å². The van der Waals surface area contributed by atoms with Crippen LogP contribution >= 0.6 is 0 Å². The zero-order valence-corrected chi connectivity index (χ0v) is 10.2. The van der Waals surface area contributed by atoms with Gasteiger partial charge in [-0.1, -0.05) is 0 Å². The van der Waals surface area contributed by atoms with Crippen LogP contribution in [-0.4, -0.2) is 47.4 Å². The number of hydrogen-bond donors (Lipinski definition) is 2. The second-order valence-electron chi connectivity index (χ2n) is 4.45. The number of morpholine rings is 1. The van der Waals surface area contributed by atoms with Gasteiger partial charge in [0.15, 0.2) is 0 Å². The van der Waals surface area contributed by atoms with E-state index in [0.29, 0.717) is 11.9 Å². The summed E-state index contributed by atoms with van der Waals surface area (Å²) in [6, 6.07) is 0.256. The SMILES string of the molecule is COc1nc(NN)nc(N2CC3CCC(C2)O3)n1. The molecule has 1 aromatic rings. The van der Waals surface area contributed by atoms with Gasteiger partial charge in [-0.05, 0) is 12.8 Å². The summed E-state index contributed by atoms with van der Waals surface area (Å²) < 4.78 is 10.8. The lowest BCUT2D eigenvalue weighted by Crippen LogP contribution is -2.43. The highest BCUT2D eigenvalue weighted by molar-refractivity contribution is 5.38. The Morgan fingerprint density at radius 3 is 2.61 bits per heavy atom. The van der Waals surface area contributed by atoms with Crippen LogP contribution < -0.4 is 20.9 Å². The minimum Gasteiger partial charge on any atom is -0.467 e. The summed E-state index contributed by atoms with van der Waals surface area (Å²) in [5.41, 5.74) is 2.42. The second kappa shape index (κ2) is 4.54. The molecule has 2 unspecified atom stereocenters. The van der Waals surface area contributed by atoms with Crippen molar-refractivity contribution in [3.8, 4) is 6.01 Å². The molecular weight excluding hydrogens is 236 g/mol. The predicted octanol–water partition coefficient (Wildman–Crippen LogP) is -0.467. The third-order valence-corrected chi connectivity index (χ3v) is 3.24. The van der Waals surface area contributed by atoms with Crippen LogP contribution in [0.5, 0.6) is 6.01 Å². The fourth-order valence-electron chi connectivity index (χ4n) is 2.42. The minimum atomic E-state index is 0.256. The molecule has 2 bridgehead atoms. The zero-order chi connectivity index (χ0) is 12.5. The van der Waals surface area contributed by atoms with Crippen molar-refractivity contribution in [1.29, 1.82) is 0 Å². The average Bonchev–Trinajstić information content (AvgIpc) is 2.76. The van der Waals surface area contributed by atoms with Crippen molar-refractivity contribution in [1.82, 2.24) is 15.0 Å². The number of nitrogen functional groups attached to an aromatic ring is 1. The molecule has 2 atom stereocenters. The molecule has 2 fully saturated rings. The Labute approximate surface area is 104 Å². The number of hydrogen-bond acceptors (Lipinski definition) is 8. The minimum absolute atomic E-state index is 0.256. The van der Waals surface area contributed by atoms with Crippen LogP contribution in [0.3, 0.4) is 0 Å². The molecule has 2 saturated heterocycles. The number of nitrogens with two attached hydrogens (primary N) is 1. The monoisotopic (exact) mass is 252 g/mol. The number of rotatable bonds is 3. The Bertz CT molecular complexity index is 408. The van der Waals surface area contributed by atoms with Gasteiger partial charge in [-0.25, -0.2) is 5.84 Å². The van der Waals surface area contributed by atoms with Crippen molar-refractivity contribution >= 4 is 11.9 Å². The molecule has 0 spiro atoms. The van der Waals surface area contributed by atoms with Gasteiger partial charge in [0.25, 0.3) is 0 Å². The maximum atomic E-state index is 5.78. The highest BCUT2D eigenvalue weighted by atomic mass is 16.5. The Morgan fingerprint density at radius 2 is 2.00 bits per heavy atom. The topological polar surface area (TPSA) is 98.4 Å². The van der Waals surface area contributed by atoms with Gasteiger partial charge in [-0.15, -0.1) is 0 Å². The average molecular weight is 252 g/mol. The third-order valence-electron chi connectivity index (χ3n) is 3.24. The molecule has 3 rings (SSSR count). The highest BCUT2D eigenvalue weighted by Crippen LogP contribution is 2.28. The van der Waals surface area contributed by atoms with Gasteiger partial charge < -0.3 is 14.4 Å². The van der Waals surface area contributed by atoms with E-state index in [2.05, 4.69) is 25.3 Å². The lowest BCUT2D eigenvalue weighted by Gasteiger charge is -2.32. The first kappa shape index (κ1) is 11.4. The molecule has 0 radical (unpaired) electrons. The molecule has 2 aliphatic rings. The van der Waals surface area contributed by atoms with Crippen molar-refractivity contribution in [3.05, 3.63) is 0 Å². The number of anilines is 2. The summed E-state index contributed by atoms with van der Waals surface area (Å²) in [7, 11) is 1.52. The maximum absolute atomic E-state index is 5.78. The zero-order valence-electron chi connectivity index (χ0n) is 10.2. The molecule has 0 aliphatic carbocycles. The van der Waals surface area contributed by atoms with Crippen LogP contribution in [0.2, 0.25) is 0 Å². The number of ether oxygens (including phenoxy) is 2. The fourth-order valence-corrected chi connectivity index (χ4v) is 2.42. The quantitative estimate of drug-likeness (QED) is 0.550. The van der Waals surface area contributed by atoms with E-state index in [1.807, 2.05) is 0 Å². The van der Waals surface area contributed by atoms with Gasteiger partial charge in [0.2, 0.25) is 11.9 Å². The van der Waals surface area contributed by atoms with Gasteiger partial charge in [0.1, 0.15) is 0 Å². The van der Waals surface area contributed by atoms with E-state index in [9.17, 15) is 0 Å². The van der Waals surface area contributed by atoms with Crippen LogP contribution in [0.15, 0.2) is 0 Å². The molecule has 0 aromatic carbocycles. The molecule has 3 N–H and O–H groups in total. The Balaban J connectivity index is 1.86. The van der Waals surface area contributed by atoms with Crippen molar-refractivity contribution < 1.29 is 9.47 Å². The largest absolute Gasteiger partial charge is 0.467 e. The van der Waals surface area contributed by atoms with Crippen LogP contribution in [0.1, 0.15) is 12.8 Å². The lowest BCUT2D eigenvalue weighted by molar-refractivity contribution is 0.0299. The predicted molar refractivity (Wildman–Crippen MR) is 64.3 cm³/mol. The van der Waals surface area contributed by atoms with E-state index in [1.165, 1.54) is 7.11 Å². The Morgan fingerprint density at radius 1 is 1.28 bits per heavy atom. The van der Waals surface area contributed by atoms with Crippen LogP contribution in [-0.2, 0) is 4.74 Å². The molecule has 98 valence electrons. The first-order chi connectivity index (χ1) is 8.78. The number of aromatic nitrogens is 3. The number of nitrogens with zero attached hydrogens (tertiary/aromatic N) is 4. The molecule has 8 nitrogen and oxygen atoms in total. The molecule has 18 heavy (non-hydrogen) atoms. The number of methoxy groups -OCH3 is 1. The molecule has 0 saturated carbocycles. The van der Waals surface area contributed by atoms with Crippen molar-refractivity contribution in [3.63, 3.8) is 0 Å². The maximum Gasteiger partial charge on any atom is 0.322 e. The highest BCUT2D eigenvalue weighted by Gasteiger charge is 2.35. The summed E-state index contributed by atoms with van der Waals surface area (Å²) in [5.74, 6) is 6.22. The number of nitrogens with one attached hydrogen (secondary N) is 1. The number of hydrazine groups is 1. The van der Waals surface area contributed by atoms with Gasteiger partial charge in [0.05, 0.1) is 19.3 Å². The smallest absolute Gasteiger partial charge is 0.322 e. The van der Waals surface area contributed by atoms with E-state index < -0.39 is 0 Å². The number of fused-ring (bicyclic) bond motifs is 2. The van der Waals surface area contributed by atoms with E-state index in [4.69, 9.17) is 15.3 Å². The Kier molecular flexibility index (Phi) is 2.88. The summed E-state index contributed by atoms with van der Waals surface area (Å²) >= 11 is 0. The summed E-state index contributed by atoms with van der Waals surface area (Å²) in [6.07, 6.45) is 2.76. The lowest BCUT2D eigenvalue weighted by atomic mass is 10.2. The van der Waals surface area contributed by atoms with E-state index >= 15 is 0 Å². The van der Waals surface area contributed by atoms with Crippen molar-refractivity contribution in [2.75, 3.05) is 30.5 Å². The second-order valence-corrected chi connectivity index (χ2v) is 4.45. The first-order valence-electron chi connectivity index (χ1n) is 5.95. The molecule has 2 aliphatic heterocycles. The van der Waals surface area contributed by atoms with Crippen molar-refractivity contribution in [2.45, 2.75) is 25.0 Å². The van der Waals surface area contributed by atoms with Gasteiger partial charge in [-0.3, -0.25) is 5.43 Å².